The minimum absolute atomic E-state index is 0.0208. The zero-order valence-electron chi connectivity index (χ0n) is 58.0. The molecule has 1 rings (SSSR count). The SMILES string of the molecule is CC[C@H](C)[C@H](NC(=O)[C@H](Cc1ccccc1)NC(=O)[C@H](CC(C)C)NC(=O)[C@H](CCCNC(=N)N)NC(=O)[C@@H](NC(=O)[C@H](C)NC(=O)[C@H](CCC(=O)O)NC(=O)[C@H](CCC(=O)O)NC(=O)[C@H](CCC(=O)O)NC(=O)[C@H](CCSC)NC(=O)[C@@H](N)CCC(N)=O)C(C)C)C(=O)N[C@@H](CS)C(=O)O. The maximum atomic E-state index is 14.5. The van der Waals surface area contributed by atoms with E-state index in [1.54, 1.807) is 64.3 Å². The van der Waals surface area contributed by atoms with Crippen LogP contribution >= 0.6 is 24.4 Å². The van der Waals surface area contributed by atoms with E-state index in [0.717, 1.165) is 6.92 Å². The largest absolute Gasteiger partial charge is 0.481 e. The topological polar surface area (TPSA) is 600 Å². The number of benzene rings is 1. The van der Waals surface area contributed by atoms with E-state index in [1.165, 1.54) is 25.6 Å². The van der Waals surface area contributed by atoms with Crippen molar-refractivity contribution in [2.75, 3.05) is 24.3 Å². The predicted octanol–water partition coefficient (Wildman–Crippen LogP) is -3.45. The summed E-state index contributed by atoms with van der Waals surface area (Å²) < 4.78 is 0. The summed E-state index contributed by atoms with van der Waals surface area (Å²) >= 11 is 5.29. The molecule has 0 saturated heterocycles. The zero-order chi connectivity index (χ0) is 76.8. The van der Waals surface area contributed by atoms with Crippen LogP contribution in [0.3, 0.4) is 0 Å². The van der Waals surface area contributed by atoms with Gasteiger partial charge in [0.2, 0.25) is 70.9 Å². The second-order valence-corrected chi connectivity index (χ2v) is 26.2. The van der Waals surface area contributed by atoms with Crippen molar-refractivity contribution in [3.8, 4) is 0 Å². The lowest BCUT2D eigenvalue weighted by atomic mass is 9.96. The van der Waals surface area contributed by atoms with E-state index in [1.807, 2.05) is 0 Å². The summed E-state index contributed by atoms with van der Waals surface area (Å²) in [6.07, 6.45) is -3.03. The first-order valence-corrected chi connectivity index (χ1v) is 34.9. The molecule has 0 radical (unpaired) electrons. The highest BCUT2D eigenvalue weighted by Gasteiger charge is 2.38. The lowest BCUT2D eigenvalue weighted by Crippen LogP contribution is -2.61. The molecule has 0 saturated carbocycles. The number of aliphatic carboxylic acids is 4. The molecule has 0 aliphatic heterocycles. The third-order valence-corrected chi connectivity index (χ3v) is 16.6. The summed E-state index contributed by atoms with van der Waals surface area (Å²) in [5.41, 5.74) is 17.1. The molecule has 0 fully saturated rings. The molecule has 0 spiro atoms. The smallest absolute Gasteiger partial charge is 0.327 e. The number of hydrogen-bond donors (Lipinski definition) is 21. The fraction of sp³-hybridized carbons (Fsp3) is 0.635. The van der Waals surface area contributed by atoms with Crippen LogP contribution in [0.1, 0.15) is 138 Å². The average molecular weight is 1470 g/mol. The van der Waals surface area contributed by atoms with Gasteiger partial charge in [0.05, 0.1) is 6.04 Å². The summed E-state index contributed by atoms with van der Waals surface area (Å²) in [4.78, 5) is 212. The van der Waals surface area contributed by atoms with Crippen LogP contribution in [-0.4, -0.2) is 218 Å². The van der Waals surface area contributed by atoms with Gasteiger partial charge in [-0.25, -0.2) is 4.79 Å². The van der Waals surface area contributed by atoms with Crippen LogP contribution < -0.4 is 81.0 Å². The Morgan fingerprint density at radius 1 is 0.485 bits per heavy atom. The summed E-state index contributed by atoms with van der Waals surface area (Å²) in [7, 11) is 0. The monoisotopic (exact) mass is 1470 g/mol. The van der Waals surface area contributed by atoms with Crippen molar-refractivity contribution in [1.82, 2.24) is 63.8 Å². The van der Waals surface area contributed by atoms with Crippen LogP contribution in [0.15, 0.2) is 30.3 Å². The standard InChI is InChI=1S/C63H102N16O20S2/c1-9-33(6)50(61(97)77-44(30-100)62(98)99)79-59(95)43(29-35-14-11-10-12-15-35)76-58(94)42(28-31(2)3)75-54(90)37(16-13-26-68-63(66)67)74-60(96)49(32(4)5)78-51(87)34(7)69-53(89)38(18-22-46(81)82)71-55(91)39(19-23-47(83)84)72-56(92)40(20-24-48(85)86)73-57(93)41(25-27-101-8)70-52(88)36(64)17-21-45(65)80/h10-12,14-15,31-34,36-44,49-50,100H,9,13,16-30,64H2,1-8H3,(H2,65,80)(H,69,89)(H,70,88)(H,71,91)(H,72,92)(H,73,93)(H,74,96)(H,75,90)(H,76,94)(H,77,97)(H,78,87)(H,79,95)(H,81,82)(H,83,84)(H,85,86)(H,98,99)(H4,66,67,68)/t33-,34-,36-,37-,38-,39-,40-,41-,42-,43-,44-,49-,50-/m0/s1. The molecule has 0 aromatic heterocycles. The van der Waals surface area contributed by atoms with Gasteiger partial charge in [-0.3, -0.25) is 77.3 Å². The van der Waals surface area contributed by atoms with Gasteiger partial charge in [0, 0.05) is 44.4 Å². The van der Waals surface area contributed by atoms with Crippen molar-refractivity contribution in [3.63, 3.8) is 0 Å². The van der Waals surface area contributed by atoms with Crippen molar-refractivity contribution in [3.05, 3.63) is 35.9 Å². The molecular formula is C63H102N16O20S2. The van der Waals surface area contributed by atoms with Crippen LogP contribution in [0.4, 0.5) is 0 Å². The molecule has 0 aliphatic rings. The van der Waals surface area contributed by atoms with Crippen molar-refractivity contribution < 1.29 is 97.1 Å². The van der Waals surface area contributed by atoms with E-state index in [9.17, 15) is 97.1 Å². The fourth-order valence-electron chi connectivity index (χ4n) is 9.60. The number of primary amides is 1. The van der Waals surface area contributed by atoms with E-state index >= 15 is 0 Å². The minimum atomic E-state index is -1.88. The van der Waals surface area contributed by atoms with Gasteiger partial charge in [-0.2, -0.15) is 24.4 Å². The third kappa shape index (κ3) is 35.5. The molecule has 1 aromatic carbocycles. The summed E-state index contributed by atoms with van der Waals surface area (Å²) in [6.45, 7) is 11.1. The zero-order valence-corrected chi connectivity index (χ0v) is 59.7. The van der Waals surface area contributed by atoms with E-state index in [2.05, 4.69) is 76.4 Å². The second-order valence-electron chi connectivity index (χ2n) is 24.8. The molecule has 1 aromatic rings. The maximum Gasteiger partial charge on any atom is 0.327 e. The lowest BCUT2D eigenvalue weighted by molar-refractivity contribution is -0.142. The lowest BCUT2D eigenvalue weighted by Gasteiger charge is -2.30. The number of rotatable bonds is 50. The number of carbonyl (C=O) groups is 16. The van der Waals surface area contributed by atoms with E-state index in [-0.39, 0.29) is 68.9 Å². The molecule has 38 heteroatoms. The van der Waals surface area contributed by atoms with E-state index in [0.29, 0.717) is 12.0 Å². The van der Waals surface area contributed by atoms with Crippen molar-refractivity contribution in [2.45, 2.75) is 211 Å². The summed E-state index contributed by atoms with van der Waals surface area (Å²) in [6, 6.07) is -9.69. The summed E-state index contributed by atoms with van der Waals surface area (Å²) in [5, 5.41) is 75.7. The van der Waals surface area contributed by atoms with Crippen molar-refractivity contribution in [2.24, 2.45) is 35.0 Å². The first-order valence-electron chi connectivity index (χ1n) is 32.8. The third-order valence-electron chi connectivity index (χ3n) is 15.6. The summed E-state index contributed by atoms with van der Waals surface area (Å²) in [5.74, 6) is -19.5. The quantitative estimate of drug-likeness (QED) is 0.0131. The Bertz CT molecular complexity index is 3020. The van der Waals surface area contributed by atoms with E-state index in [4.69, 9.17) is 22.6 Å². The highest BCUT2D eigenvalue weighted by Crippen LogP contribution is 2.15. The maximum absolute atomic E-state index is 14.5. The Hall–Kier alpha value is -9.33. The highest BCUT2D eigenvalue weighted by atomic mass is 32.2. The second kappa shape index (κ2) is 46.9. The number of amides is 12. The van der Waals surface area contributed by atoms with Gasteiger partial charge in [0.1, 0.15) is 66.5 Å². The number of thioether (sulfide) groups is 1. The molecule has 36 nitrogen and oxygen atoms in total. The Morgan fingerprint density at radius 2 is 0.891 bits per heavy atom. The van der Waals surface area contributed by atoms with Crippen LogP contribution in [0.5, 0.6) is 0 Å². The average Bonchev–Trinajstić information content (AvgIpc) is 0.863. The van der Waals surface area contributed by atoms with Gasteiger partial charge in [-0.1, -0.05) is 78.3 Å². The molecule has 13 atom stereocenters. The van der Waals surface area contributed by atoms with Crippen LogP contribution in [-0.2, 0) is 83.1 Å². The Kier molecular flexibility index (Phi) is 41.6. The molecule has 12 amide bonds. The number of guanidine groups is 1. The van der Waals surface area contributed by atoms with Crippen LogP contribution in [0, 0.1) is 23.2 Å². The van der Waals surface area contributed by atoms with Gasteiger partial charge in [0.25, 0.3) is 0 Å². The first-order chi connectivity index (χ1) is 47.3. The van der Waals surface area contributed by atoms with Crippen molar-refractivity contribution >= 4 is 125 Å². The van der Waals surface area contributed by atoms with Gasteiger partial charge < -0.3 is 101 Å². The predicted molar refractivity (Wildman–Crippen MR) is 371 cm³/mol. The number of nitrogens with one attached hydrogen (secondary N) is 13. The molecule has 101 heavy (non-hydrogen) atoms. The highest BCUT2D eigenvalue weighted by molar-refractivity contribution is 7.98. The molecule has 566 valence electrons. The number of nitrogens with two attached hydrogens (primary N) is 3. The number of thiol groups is 1. The molecule has 0 unspecified atom stereocenters. The van der Waals surface area contributed by atoms with E-state index < -0.39 is 224 Å². The molecular weight excluding hydrogens is 1360 g/mol. The van der Waals surface area contributed by atoms with Gasteiger partial charge >= 0.3 is 23.9 Å². The number of carboxylic acid groups (broad SMARTS) is 4. The molecule has 0 heterocycles. The minimum Gasteiger partial charge on any atom is -0.481 e. The Balaban J connectivity index is 3.63. The Labute approximate surface area is 595 Å². The van der Waals surface area contributed by atoms with Crippen LogP contribution in [0.2, 0.25) is 0 Å². The Morgan fingerprint density at radius 3 is 1.33 bits per heavy atom. The first kappa shape index (κ1) is 89.7. The number of hydrogen-bond acceptors (Lipinski definition) is 20. The normalized spacial score (nSPS) is 14.9. The number of carboxylic acids is 4. The van der Waals surface area contributed by atoms with Gasteiger partial charge in [-0.15, -0.1) is 0 Å². The molecule has 23 N–H and O–H groups in total. The fourth-order valence-corrected chi connectivity index (χ4v) is 10.3. The van der Waals surface area contributed by atoms with Gasteiger partial charge in [-0.05, 0) is 93.6 Å². The molecule has 0 aliphatic carbocycles. The van der Waals surface area contributed by atoms with Crippen LogP contribution in [0.25, 0.3) is 0 Å². The molecule has 0 bridgehead atoms. The van der Waals surface area contributed by atoms with Crippen molar-refractivity contribution in [1.29, 1.82) is 5.41 Å². The van der Waals surface area contributed by atoms with Gasteiger partial charge in [0.15, 0.2) is 5.96 Å². The number of carbonyl (C=O) groups excluding carboxylic acids is 12.